The molecule has 1 heterocycles. The molecular formula is C15H9ClF2O3. The number of rotatable bonds is 2. The minimum atomic E-state index is -1.20. The topological polar surface area (TPSA) is 35.5 Å². The predicted molar refractivity (Wildman–Crippen MR) is 72.2 cm³/mol. The highest BCUT2D eigenvalue weighted by Crippen LogP contribution is 2.36. The van der Waals surface area contributed by atoms with Gasteiger partial charge in [0.05, 0.1) is 10.6 Å². The molecule has 3 nitrogen and oxygen atoms in total. The Morgan fingerprint density at radius 1 is 1.05 bits per heavy atom. The van der Waals surface area contributed by atoms with E-state index in [0.717, 1.165) is 6.07 Å². The predicted octanol–water partition coefficient (Wildman–Crippen LogP) is 3.62. The SMILES string of the molecule is O=C(c1cc2c(cc1Cl)OCCO2)c1cccc(F)c1F. The van der Waals surface area contributed by atoms with E-state index in [1.165, 1.54) is 24.3 Å². The summed E-state index contributed by atoms with van der Waals surface area (Å²) in [7, 11) is 0. The van der Waals surface area contributed by atoms with Crippen LogP contribution in [0.4, 0.5) is 8.78 Å². The van der Waals surface area contributed by atoms with Crippen molar-refractivity contribution in [2.45, 2.75) is 0 Å². The molecule has 0 saturated carbocycles. The van der Waals surface area contributed by atoms with Crippen molar-refractivity contribution in [2.75, 3.05) is 13.2 Å². The summed E-state index contributed by atoms with van der Waals surface area (Å²) in [5.41, 5.74) is -0.348. The Morgan fingerprint density at radius 3 is 2.43 bits per heavy atom. The number of hydrogen-bond donors (Lipinski definition) is 0. The molecule has 0 saturated heterocycles. The van der Waals surface area contributed by atoms with E-state index in [1.54, 1.807) is 0 Å². The number of carbonyl (C=O) groups is 1. The highest BCUT2D eigenvalue weighted by molar-refractivity contribution is 6.35. The monoisotopic (exact) mass is 310 g/mol. The zero-order valence-electron chi connectivity index (χ0n) is 10.7. The smallest absolute Gasteiger partial charge is 0.197 e. The highest BCUT2D eigenvalue weighted by Gasteiger charge is 2.23. The average Bonchev–Trinajstić information content (AvgIpc) is 2.48. The van der Waals surface area contributed by atoms with Crippen LogP contribution in [0.1, 0.15) is 15.9 Å². The van der Waals surface area contributed by atoms with Crippen LogP contribution in [0.2, 0.25) is 5.02 Å². The maximum Gasteiger partial charge on any atom is 0.197 e. The van der Waals surface area contributed by atoms with E-state index in [0.29, 0.717) is 24.7 Å². The van der Waals surface area contributed by atoms with E-state index in [-0.39, 0.29) is 16.1 Å². The lowest BCUT2D eigenvalue weighted by atomic mass is 10.0. The third-order valence-electron chi connectivity index (χ3n) is 3.07. The fraction of sp³-hybridized carbons (Fsp3) is 0.133. The molecule has 0 bridgehead atoms. The van der Waals surface area contributed by atoms with Crippen molar-refractivity contribution in [3.8, 4) is 11.5 Å². The fourth-order valence-electron chi connectivity index (χ4n) is 2.06. The molecule has 0 aliphatic carbocycles. The molecular weight excluding hydrogens is 302 g/mol. The lowest BCUT2D eigenvalue weighted by Gasteiger charge is -2.19. The summed E-state index contributed by atoms with van der Waals surface area (Å²) in [6, 6.07) is 6.22. The quantitative estimate of drug-likeness (QED) is 0.795. The van der Waals surface area contributed by atoms with Gasteiger partial charge in [0.2, 0.25) is 0 Å². The minimum absolute atomic E-state index is 0.0328. The van der Waals surface area contributed by atoms with Crippen molar-refractivity contribution >= 4 is 17.4 Å². The minimum Gasteiger partial charge on any atom is -0.486 e. The number of ketones is 1. The van der Waals surface area contributed by atoms with Crippen LogP contribution in [-0.2, 0) is 0 Å². The molecule has 2 aromatic rings. The molecule has 0 unspecified atom stereocenters. The Kier molecular flexibility index (Phi) is 3.51. The van der Waals surface area contributed by atoms with Gasteiger partial charge in [0, 0.05) is 11.6 Å². The van der Waals surface area contributed by atoms with Gasteiger partial charge in [0.1, 0.15) is 13.2 Å². The Balaban J connectivity index is 2.07. The van der Waals surface area contributed by atoms with Crippen LogP contribution in [0, 0.1) is 11.6 Å². The van der Waals surface area contributed by atoms with E-state index < -0.39 is 17.4 Å². The van der Waals surface area contributed by atoms with Crippen molar-refractivity contribution in [3.63, 3.8) is 0 Å². The van der Waals surface area contributed by atoms with Gasteiger partial charge in [0.15, 0.2) is 28.9 Å². The Bertz CT molecular complexity index is 731. The van der Waals surface area contributed by atoms with E-state index in [4.69, 9.17) is 21.1 Å². The zero-order valence-corrected chi connectivity index (χ0v) is 11.4. The highest BCUT2D eigenvalue weighted by atomic mass is 35.5. The maximum atomic E-state index is 13.7. The summed E-state index contributed by atoms with van der Waals surface area (Å²) in [6.45, 7) is 0.728. The van der Waals surface area contributed by atoms with Crippen LogP contribution in [0.15, 0.2) is 30.3 Å². The van der Waals surface area contributed by atoms with Crippen LogP contribution in [0.25, 0.3) is 0 Å². The molecule has 1 aliphatic rings. The van der Waals surface area contributed by atoms with E-state index in [1.807, 2.05) is 0 Å². The largest absolute Gasteiger partial charge is 0.486 e. The first-order valence-corrected chi connectivity index (χ1v) is 6.53. The first-order chi connectivity index (χ1) is 10.1. The standard InChI is InChI=1S/C15H9ClF2O3/c16-10-7-13-12(20-4-5-21-13)6-9(10)15(19)8-2-1-3-11(17)14(8)18/h1-3,6-7H,4-5H2. The summed E-state index contributed by atoms with van der Waals surface area (Å²) in [5, 5.41) is 0.0907. The van der Waals surface area contributed by atoms with Crippen molar-refractivity contribution in [1.29, 1.82) is 0 Å². The van der Waals surface area contributed by atoms with Crippen LogP contribution in [0.3, 0.4) is 0 Å². The lowest BCUT2D eigenvalue weighted by Crippen LogP contribution is -2.16. The average molecular weight is 311 g/mol. The molecule has 1 aliphatic heterocycles. The van der Waals surface area contributed by atoms with Crippen molar-refractivity contribution < 1.29 is 23.0 Å². The molecule has 0 aromatic heterocycles. The van der Waals surface area contributed by atoms with Gasteiger partial charge in [-0.15, -0.1) is 0 Å². The van der Waals surface area contributed by atoms with Gasteiger partial charge in [-0.25, -0.2) is 8.78 Å². The second-order valence-electron chi connectivity index (χ2n) is 4.41. The van der Waals surface area contributed by atoms with Crippen LogP contribution in [-0.4, -0.2) is 19.0 Å². The number of hydrogen-bond acceptors (Lipinski definition) is 3. The van der Waals surface area contributed by atoms with Gasteiger partial charge in [-0.1, -0.05) is 17.7 Å². The zero-order chi connectivity index (χ0) is 15.0. The molecule has 0 N–H and O–H groups in total. The summed E-state index contributed by atoms with van der Waals surface area (Å²) < 4.78 is 37.6. The molecule has 2 aromatic carbocycles. The molecule has 21 heavy (non-hydrogen) atoms. The summed E-state index contributed by atoms with van der Waals surface area (Å²) in [6.07, 6.45) is 0. The number of benzene rings is 2. The van der Waals surface area contributed by atoms with E-state index >= 15 is 0 Å². The number of halogens is 3. The third-order valence-corrected chi connectivity index (χ3v) is 3.39. The normalized spacial score (nSPS) is 13.1. The van der Waals surface area contributed by atoms with Gasteiger partial charge in [-0.05, 0) is 18.2 Å². The number of fused-ring (bicyclic) bond motifs is 1. The first kappa shape index (κ1) is 13.8. The van der Waals surface area contributed by atoms with Crippen LogP contribution >= 0.6 is 11.6 Å². The second kappa shape index (κ2) is 5.33. The van der Waals surface area contributed by atoms with Gasteiger partial charge in [-0.2, -0.15) is 0 Å². The summed E-state index contributed by atoms with van der Waals surface area (Å²) >= 11 is 6.03. The molecule has 3 rings (SSSR count). The Labute approximate surface area is 124 Å². The Hall–Kier alpha value is -2.14. The molecule has 0 atom stereocenters. The van der Waals surface area contributed by atoms with Crippen LogP contribution < -0.4 is 9.47 Å². The van der Waals surface area contributed by atoms with Crippen molar-refractivity contribution in [3.05, 3.63) is 58.1 Å². The first-order valence-electron chi connectivity index (χ1n) is 6.16. The third kappa shape index (κ3) is 2.45. The van der Waals surface area contributed by atoms with E-state index in [9.17, 15) is 13.6 Å². The molecule has 108 valence electrons. The van der Waals surface area contributed by atoms with Crippen molar-refractivity contribution in [2.24, 2.45) is 0 Å². The number of ether oxygens (including phenoxy) is 2. The molecule has 0 spiro atoms. The van der Waals surface area contributed by atoms with Gasteiger partial charge < -0.3 is 9.47 Å². The van der Waals surface area contributed by atoms with E-state index in [2.05, 4.69) is 0 Å². The molecule has 0 amide bonds. The maximum absolute atomic E-state index is 13.7. The lowest BCUT2D eigenvalue weighted by molar-refractivity contribution is 0.103. The number of carbonyl (C=O) groups excluding carboxylic acids is 1. The van der Waals surface area contributed by atoms with Gasteiger partial charge >= 0.3 is 0 Å². The van der Waals surface area contributed by atoms with Crippen molar-refractivity contribution in [1.82, 2.24) is 0 Å². The summed E-state index contributed by atoms with van der Waals surface area (Å²) in [4.78, 5) is 12.3. The molecule has 0 radical (unpaired) electrons. The second-order valence-corrected chi connectivity index (χ2v) is 4.81. The fourth-order valence-corrected chi connectivity index (χ4v) is 2.30. The van der Waals surface area contributed by atoms with Gasteiger partial charge in [0.25, 0.3) is 0 Å². The molecule has 6 heteroatoms. The molecule has 0 fully saturated rings. The van der Waals surface area contributed by atoms with Crippen LogP contribution in [0.5, 0.6) is 11.5 Å². The Morgan fingerprint density at radius 2 is 1.71 bits per heavy atom. The summed E-state index contributed by atoms with van der Waals surface area (Å²) in [5.74, 6) is -2.23. The van der Waals surface area contributed by atoms with Gasteiger partial charge in [-0.3, -0.25) is 4.79 Å².